The molecule has 1 fully saturated rings. The van der Waals surface area contributed by atoms with Crippen molar-refractivity contribution in [3.8, 4) is 0 Å². The highest BCUT2D eigenvalue weighted by molar-refractivity contribution is 5.78. The summed E-state index contributed by atoms with van der Waals surface area (Å²) in [6.07, 6.45) is 9.37. The Morgan fingerprint density at radius 2 is 2.36 bits per heavy atom. The summed E-state index contributed by atoms with van der Waals surface area (Å²) < 4.78 is 7.47. The fraction of sp³-hybridized carbons (Fsp3) is 0.579. The van der Waals surface area contributed by atoms with Crippen LogP contribution in [-0.4, -0.2) is 51.9 Å². The van der Waals surface area contributed by atoms with Crippen LogP contribution in [0.3, 0.4) is 0 Å². The zero-order valence-electron chi connectivity index (χ0n) is 15.2. The molecule has 3 heterocycles. The van der Waals surface area contributed by atoms with Crippen LogP contribution in [0.5, 0.6) is 0 Å². The van der Waals surface area contributed by atoms with Crippen LogP contribution >= 0.6 is 0 Å². The molecular weight excluding hydrogens is 316 g/mol. The molecule has 0 N–H and O–H groups in total. The molecule has 0 radical (unpaired) electrons. The number of aryl methyl sites for hydroxylation is 2. The van der Waals surface area contributed by atoms with E-state index in [1.807, 2.05) is 48.1 Å². The summed E-state index contributed by atoms with van der Waals surface area (Å²) in [5.41, 5.74) is 0. The summed E-state index contributed by atoms with van der Waals surface area (Å²) in [4.78, 5) is 21.3. The van der Waals surface area contributed by atoms with E-state index in [2.05, 4.69) is 9.88 Å². The van der Waals surface area contributed by atoms with Gasteiger partial charge in [0.25, 0.3) is 0 Å². The molecule has 1 saturated heterocycles. The Morgan fingerprint density at radius 1 is 1.48 bits per heavy atom. The van der Waals surface area contributed by atoms with Crippen molar-refractivity contribution in [2.24, 2.45) is 13.0 Å². The van der Waals surface area contributed by atoms with Crippen LogP contribution in [0, 0.1) is 5.92 Å². The molecule has 1 atom stereocenters. The molecular formula is C19H28N4O2. The zero-order chi connectivity index (χ0) is 17.6. The minimum absolute atomic E-state index is 0.0990. The first-order valence-electron chi connectivity index (χ1n) is 9.09. The van der Waals surface area contributed by atoms with Crippen molar-refractivity contribution in [3.63, 3.8) is 0 Å². The van der Waals surface area contributed by atoms with Gasteiger partial charge in [0, 0.05) is 46.0 Å². The Kier molecular flexibility index (Phi) is 5.91. The predicted molar refractivity (Wildman–Crippen MR) is 95.9 cm³/mol. The average Bonchev–Trinajstić information content (AvgIpc) is 3.26. The van der Waals surface area contributed by atoms with Gasteiger partial charge in [-0.3, -0.25) is 9.69 Å². The Labute approximate surface area is 149 Å². The number of carbonyl (C=O) groups excluding carboxylic acids is 1. The Hall–Kier alpha value is -2.08. The number of likely N-dealkylation sites (tertiary alicyclic amines) is 1. The number of hydrogen-bond acceptors (Lipinski definition) is 4. The molecule has 6 heteroatoms. The van der Waals surface area contributed by atoms with Gasteiger partial charge in [-0.1, -0.05) is 0 Å². The summed E-state index contributed by atoms with van der Waals surface area (Å²) in [7, 11) is 3.93. The van der Waals surface area contributed by atoms with Gasteiger partial charge in [-0.25, -0.2) is 4.98 Å². The van der Waals surface area contributed by atoms with Gasteiger partial charge >= 0.3 is 0 Å². The summed E-state index contributed by atoms with van der Waals surface area (Å²) in [5, 5.41) is 0. The average molecular weight is 344 g/mol. The summed E-state index contributed by atoms with van der Waals surface area (Å²) >= 11 is 0. The lowest BCUT2D eigenvalue weighted by molar-refractivity contribution is -0.136. The van der Waals surface area contributed by atoms with Crippen LogP contribution in [-0.2, 0) is 24.8 Å². The molecule has 6 nitrogen and oxygen atoms in total. The molecule has 1 aliphatic rings. The number of piperidine rings is 1. The topological polar surface area (TPSA) is 54.5 Å². The molecule has 3 rings (SSSR count). The van der Waals surface area contributed by atoms with Crippen molar-refractivity contribution in [1.29, 1.82) is 0 Å². The van der Waals surface area contributed by atoms with E-state index in [0.717, 1.165) is 63.4 Å². The van der Waals surface area contributed by atoms with E-state index >= 15 is 0 Å². The van der Waals surface area contributed by atoms with E-state index in [0.29, 0.717) is 0 Å². The summed E-state index contributed by atoms with van der Waals surface area (Å²) in [5.74, 6) is 2.41. The van der Waals surface area contributed by atoms with Crippen LogP contribution in [0.25, 0.3) is 0 Å². The van der Waals surface area contributed by atoms with Gasteiger partial charge in [-0.2, -0.15) is 0 Å². The van der Waals surface area contributed by atoms with E-state index in [1.54, 1.807) is 6.26 Å². The molecule has 0 aromatic carbocycles. The monoisotopic (exact) mass is 344 g/mol. The summed E-state index contributed by atoms with van der Waals surface area (Å²) in [6.45, 7) is 3.43. The second kappa shape index (κ2) is 8.34. The van der Waals surface area contributed by atoms with Crippen molar-refractivity contribution in [2.75, 3.05) is 26.7 Å². The van der Waals surface area contributed by atoms with E-state index in [4.69, 9.17) is 4.42 Å². The molecule has 1 aliphatic heterocycles. The lowest BCUT2D eigenvalue weighted by atomic mass is 9.96. The van der Waals surface area contributed by atoms with Gasteiger partial charge in [-0.05, 0) is 37.9 Å². The van der Waals surface area contributed by atoms with Crippen molar-refractivity contribution >= 4 is 5.91 Å². The van der Waals surface area contributed by atoms with Crippen molar-refractivity contribution in [1.82, 2.24) is 19.4 Å². The second-order valence-corrected chi connectivity index (χ2v) is 6.97. The van der Waals surface area contributed by atoms with Crippen LogP contribution in [0.2, 0.25) is 0 Å². The molecule has 2 aromatic heterocycles. The lowest BCUT2D eigenvalue weighted by Gasteiger charge is -2.33. The van der Waals surface area contributed by atoms with Crippen LogP contribution in [0.1, 0.15) is 30.8 Å². The number of rotatable bonds is 7. The van der Waals surface area contributed by atoms with Crippen LogP contribution in [0.15, 0.2) is 35.2 Å². The maximum absolute atomic E-state index is 12.8. The second-order valence-electron chi connectivity index (χ2n) is 6.97. The SMILES string of the molecule is CN(CCCc1nccn1C)C(=O)[C@H]1CCCN(Cc2ccco2)C1. The molecule has 0 unspecified atom stereocenters. The van der Waals surface area contributed by atoms with Gasteiger partial charge in [-0.15, -0.1) is 0 Å². The van der Waals surface area contributed by atoms with Gasteiger partial charge in [0.1, 0.15) is 11.6 Å². The molecule has 25 heavy (non-hydrogen) atoms. The van der Waals surface area contributed by atoms with Gasteiger partial charge in [0.15, 0.2) is 0 Å². The largest absolute Gasteiger partial charge is 0.468 e. The number of carbonyl (C=O) groups is 1. The molecule has 136 valence electrons. The number of hydrogen-bond donors (Lipinski definition) is 0. The van der Waals surface area contributed by atoms with Crippen molar-refractivity contribution in [3.05, 3.63) is 42.4 Å². The van der Waals surface area contributed by atoms with Crippen LogP contribution in [0.4, 0.5) is 0 Å². The number of aromatic nitrogens is 2. The third kappa shape index (κ3) is 4.72. The first-order valence-corrected chi connectivity index (χ1v) is 9.09. The predicted octanol–water partition coefficient (Wildman–Crippen LogP) is 2.32. The maximum Gasteiger partial charge on any atom is 0.226 e. The van der Waals surface area contributed by atoms with E-state index in [-0.39, 0.29) is 11.8 Å². The Bertz CT molecular complexity index is 665. The summed E-state index contributed by atoms with van der Waals surface area (Å²) in [6, 6.07) is 3.91. The Morgan fingerprint density at radius 3 is 3.08 bits per heavy atom. The highest BCUT2D eigenvalue weighted by Crippen LogP contribution is 2.20. The number of nitrogens with zero attached hydrogens (tertiary/aromatic N) is 4. The van der Waals surface area contributed by atoms with E-state index in [1.165, 1.54) is 0 Å². The minimum Gasteiger partial charge on any atom is -0.468 e. The molecule has 2 aromatic rings. The first-order chi connectivity index (χ1) is 12.1. The lowest BCUT2D eigenvalue weighted by Crippen LogP contribution is -2.43. The van der Waals surface area contributed by atoms with Gasteiger partial charge in [0.2, 0.25) is 5.91 Å². The smallest absolute Gasteiger partial charge is 0.226 e. The minimum atomic E-state index is 0.0990. The molecule has 1 amide bonds. The highest BCUT2D eigenvalue weighted by Gasteiger charge is 2.28. The van der Waals surface area contributed by atoms with Crippen molar-refractivity contribution in [2.45, 2.75) is 32.2 Å². The number of furan rings is 1. The molecule has 0 saturated carbocycles. The van der Waals surface area contributed by atoms with E-state index in [9.17, 15) is 4.79 Å². The maximum atomic E-state index is 12.8. The van der Waals surface area contributed by atoms with E-state index < -0.39 is 0 Å². The third-order valence-electron chi connectivity index (χ3n) is 5.01. The number of amides is 1. The molecule has 0 spiro atoms. The van der Waals surface area contributed by atoms with Gasteiger partial charge < -0.3 is 13.9 Å². The molecule has 0 bridgehead atoms. The van der Waals surface area contributed by atoms with Crippen molar-refractivity contribution < 1.29 is 9.21 Å². The third-order valence-corrected chi connectivity index (χ3v) is 5.01. The van der Waals surface area contributed by atoms with Gasteiger partial charge in [0.05, 0.1) is 18.7 Å². The fourth-order valence-electron chi connectivity index (χ4n) is 3.56. The highest BCUT2D eigenvalue weighted by atomic mass is 16.3. The normalized spacial score (nSPS) is 18.4. The quantitative estimate of drug-likeness (QED) is 0.773. The zero-order valence-corrected chi connectivity index (χ0v) is 15.2. The standard InChI is InChI=1S/C19H28N4O2/c1-21-12-9-20-18(21)8-4-10-22(2)19(24)16-6-3-11-23(14-16)15-17-7-5-13-25-17/h5,7,9,12-13,16H,3-4,6,8,10-11,14-15H2,1-2H3/t16-/m0/s1. The fourth-order valence-corrected chi connectivity index (χ4v) is 3.56. The Balaban J connectivity index is 1.45. The number of imidazole rings is 1. The molecule has 0 aliphatic carbocycles. The first kappa shape index (κ1) is 17.7. The van der Waals surface area contributed by atoms with Crippen LogP contribution < -0.4 is 0 Å².